The van der Waals surface area contributed by atoms with Crippen LogP contribution in [0.2, 0.25) is 0 Å². The van der Waals surface area contributed by atoms with Gasteiger partial charge in [-0.3, -0.25) is 9.36 Å². The lowest BCUT2D eigenvalue weighted by molar-refractivity contribution is -0.115. The molecule has 0 spiro atoms. The van der Waals surface area contributed by atoms with Gasteiger partial charge in [-0.25, -0.2) is 4.39 Å². The van der Waals surface area contributed by atoms with Gasteiger partial charge in [0.1, 0.15) is 5.82 Å². The average molecular weight is 450 g/mol. The molecule has 8 nitrogen and oxygen atoms in total. The predicted octanol–water partition coefficient (Wildman–Crippen LogP) is 2.86. The molecule has 0 unspecified atom stereocenters. The largest absolute Gasteiger partial charge is 0.378 e. The number of aromatic nitrogens is 3. The number of halogens is 1. The molecular weight excluding hydrogens is 421 g/mol. The summed E-state index contributed by atoms with van der Waals surface area (Å²) in [5.74, 6) is 0.229. The number of amides is 1. The molecule has 3 heterocycles. The molecule has 2 atom stereocenters. The first kappa shape index (κ1) is 22.0. The van der Waals surface area contributed by atoms with Gasteiger partial charge in [0.25, 0.3) is 0 Å². The third kappa shape index (κ3) is 5.36. The maximum atomic E-state index is 13.8. The Bertz CT molecular complexity index is 912. The van der Waals surface area contributed by atoms with Crippen LogP contribution in [-0.2, 0) is 20.8 Å². The molecule has 0 radical (unpaired) electrons. The second-order valence-corrected chi connectivity index (χ2v) is 9.15. The van der Waals surface area contributed by atoms with Crippen LogP contribution in [0.4, 0.5) is 16.0 Å². The normalized spacial score (nSPS) is 20.1. The first-order valence-corrected chi connectivity index (χ1v) is 11.5. The molecule has 2 aliphatic heterocycles. The van der Waals surface area contributed by atoms with Crippen LogP contribution in [0, 0.1) is 12.7 Å². The lowest BCUT2D eigenvalue weighted by Gasteiger charge is -2.28. The van der Waals surface area contributed by atoms with Gasteiger partial charge in [-0.2, -0.15) is 0 Å². The minimum atomic E-state index is -0.436. The molecule has 2 fully saturated rings. The van der Waals surface area contributed by atoms with Crippen molar-refractivity contribution in [3.63, 3.8) is 0 Å². The number of nitrogens with zero attached hydrogens (tertiary/aromatic N) is 4. The van der Waals surface area contributed by atoms with E-state index in [4.69, 9.17) is 9.47 Å². The number of anilines is 2. The van der Waals surface area contributed by atoms with Gasteiger partial charge in [0.15, 0.2) is 5.16 Å². The SMILES string of the molecule is Cc1ccc(NC(=O)[C@H](C)Sc2nnc(N3CCOCC3)n2C[C@@H]2CCCO2)cc1F. The molecular formula is C21H28FN5O3S. The van der Waals surface area contributed by atoms with Crippen molar-refractivity contribution < 1.29 is 18.7 Å². The summed E-state index contributed by atoms with van der Waals surface area (Å²) in [6.07, 6.45) is 2.17. The maximum Gasteiger partial charge on any atom is 0.237 e. The monoisotopic (exact) mass is 449 g/mol. The molecule has 0 bridgehead atoms. The molecule has 1 N–H and O–H groups in total. The highest BCUT2D eigenvalue weighted by molar-refractivity contribution is 8.00. The number of aryl methyl sites for hydroxylation is 1. The molecule has 1 aromatic heterocycles. The summed E-state index contributed by atoms with van der Waals surface area (Å²) in [5.41, 5.74) is 0.980. The zero-order valence-corrected chi connectivity index (χ0v) is 18.7. The number of ether oxygens (including phenoxy) is 2. The summed E-state index contributed by atoms with van der Waals surface area (Å²) in [7, 11) is 0. The van der Waals surface area contributed by atoms with E-state index in [1.54, 1.807) is 19.1 Å². The summed E-state index contributed by atoms with van der Waals surface area (Å²) in [5, 5.41) is 11.8. The fourth-order valence-electron chi connectivity index (χ4n) is 3.64. The highest BCUT2D eigenvalue weighted by atomic mass is 32.2. The Balaban J connectivity index is 1.48. The second-order valence-electron chi connectivity index (χ2n) is 7.84. The van der Waals surface area contributed by atoms with Crippen LogP contribution in [0.15, 0.2) is 23.4 Å². The van der Waals surface area contributed by atoms with Crippen LogP contribution in [0.1, 0.15) is 25.3 Å². The average Bonchev–Trinajstić information content (AvgIpc) is 3.42. The first-order chi connectivity index (χ1) is 15.0. The van der Waals surface area contributed by atoms with Gasteiger partial charge in [0.05, 0.1) is 31.1 Å². The van der Waals surface area contributed by atoms with Gasteiger partial charge < -0.3 is 19.7 Å². The summed E-state index contributed by atoms with van der Waals surface area (Å²) in [4.78, 5) is 14.9. The topological polar surface area (TPSA) is 81.5 Å². The summed E-state index contributed by atoms with van der Waals surface area (Å²) < 4.78 is 27.2. The quantitative estimate of drug-likeness (QED) is 0.651. The number of carbonyl (C=O) groups is 1. The smallest absolute Gasteiger partial charge is 0.237 e. The van der Waals surface area contributed by atoms with E-state index in [1.165, 1.54) is 17.8 Å². The van der Waals surface area contributed by atoms with Crippen LogP contribution in [0.25, 0.3) is 0 Å². The number of nitrogens with one attached hydrogen (secondary N) is 1. The molecule has 4 rings (SSSR count). The molecule has 168 valence electrons. The Hall–Kier alpha value is -2.17. The minimum absolute atomic E-state index is 0.120. The Morgan fingerprint density at radius 3 is 2.84 bits per heavy atom. The Morgan fingerprint density at radius 1 is 1.32 bits per heavy atom. The van der Waals surface area contributed by atoms with E-state index in [9.17, 15) is 9.18 Å². The maximum absolute atomic E-state index is 13.8. The van der Waals surface area contributed by atoms with Gasteiger partial charge in [0, 0.05) is 25.4 Å². The Morgan fingerprint density at radius 2 is 2.13 bits per heavy atom. The molecule has 0 saturated carbocycles. The van der Waals surface area contributed by atoms with Crippen LogP contribution in [-0.4, -0.2) is 64.9 Å². The van der Waals surface area contributed by atoms with Crippen molar-refractivity contribution in [2.45, 2.75) is 49.7 Å². The van der Waals surface area contributed by atoms with E-state index in [1.807, 2.05) is 6.92 Å². The fourth-order valence-corrected chi connectivity index (χ4v) is 4.50. The van der Waals surface area contributed by atoms with Crippen LogP contribution in [0.5, 0.6) is 0 Å². The highest BCUT2D eigenvalue weighted by Gasteiger charge is 2.27. The van der Waals surface area contributed by atoms with Gasteiger partial charge in [-0.05, 0) is 44.4 Å². The lowest BCUT2D eigenvalue weighted by Crippen LogP contribution is -2.38. The third-order valence-corrected chi connectivity index (χ3v) is 6.57. The third-order valence-electron chi connectivity index (χ3n) is 5.49. The Kier molecular flexibility index (Phi) is 7.09. The molecule has 0 aliphatic carbocycles. The number of carbonyl (C=O) groups excluding carboxylic acids is 1. The van der Waals surface area contributed by atoms with Crippen molar-refractivity contribution in [2.24, 2.45) is 0 Å². The summed E-state index contributed by atoms with van der Waals surface area (Å²) >= 11 is 1.34. The summed E-state index contributed by atoms with van der Waals surface area (Å²) in [6.45, 7) is 7.74. The standard InChI is InChI=1S/C21H28FN5O3S/c1-14-5-6-16(12-18(14)22)23-19(28)15(2)31-21-25-24-20(26-7-10-29-11-8-26)27(21)13-17-4-3-9-30-17/h5-6,12,15,17H,3-4,7-11,13H2,1-2H3,(H,23,28)/t15-,17-/m0/s1. The molecule has 1 amide bonds. The van der Waals surface area contributed by atoms with E-state index in [0.29, 0.717) is 36.2 Å². The van der Waals surface area contributed by atoms with E-state index in [0.717, 1.165) is 38.5 Å². The molecule has 1 aromatic carbocycles. The molecule has 10 heteroatoms. The fraction of sp³-hybridized carbons (Fsp3) is 0.571. The Labute approximate surface area is 185 Å². The van der Waals surface area contributed by atoms with Crippen LogP contribution >= 0.6 is 11.8 Å². The van der Waals surface area contributed by atoms with Gasteiger partial charge >= 0.3 is 0 Å². The zero-order chi connectivity index (χ0) is 21.8. The minimum Gasteiger partial charge on any atom is -0.378 e. The highest BCUT2D eigenvalue weighted by Crippen LogP contribution is 2.29. The molecule has 2 saturated heterocycles. The van der Waals surface area contributed by atoms with E-state index in [2.05, 4.69) is 25.0 Å². The predicted molar refractivity (Wildman–Crippen MR) is 117 cm³/mol. The van der Waals surface area contributed by atoms with Crippen molar-refractivity contribution in [3.8, 4) is 0 Å². The van der Waals surface area contributed by atoms with Gasteiger partial charge in [-0.1, -0.05) is 17.8 Å². The van der Waals surface area contributed by atoms with Crippen molar-refractivity contribution in [1.82, 2.24) is 14.8 Å². The van der Waals surface area contributed by atoms with E-state index in [-0.39, 0.29) is 17.8 Å². The van der Waals surface area contributed by atoms with Crippen molar-refractivity contribution >= 4 is 29.3 Å². The lowest BCUT2D eigenvalue weighted by atomic mass is 10.2. The van der Waals surface area contributed by atoms with Crippen molar-refractivity contribution in [1.29, 1.82) is 0 Å². The van der Waals surface area contributed by atoms with E-state index < -0.39 is 5.25 Å². The number of morpholine rings is 1. The second kappa shape index (κ2) is 9.97. The first-order valence-electron chi connectivity index (χ1n) is 10.6. The number of thioether (sulfide) groups is 1. The zero-order valence-electron chi connectivity index (χ0n) is 17.8. The number of rotatable bonds is 7. The van der Waals surface area contributed by atoms with Gasteiger partial charge in [0.2, 0.25) is 11.9 Å². The molecule has 2 aromatic rings. The van der Waals surface area contributed by atoms with Crippen molar-refractivity contribution in [3.05, 3.63) is 29.6 Å². The number of hydrogen-bond donors (Lipinski definition) is 1. The number of benzene rings is 1. The summed E-state index contributed by atoms with van der Waals surface area (Å²) in [6, 6.07) is 4.68. The molecule has 31 heavy (non-hydrogen) atoms. The number of hydrogen-bond acceptors (Lipinski definition) is 7. The molecule has 2 aliphatic rings. The van der Waals surface area contributed by atoms with Crippen LogP contribution in [0.3, 0.4) is 0 Å². The van der Waals surface area contributed by atoms with Gasteiger partial charge in [-0.15, -0.1) is 10.2 Å². The van der Waals surface area contributed by atoms with Crippen LogP contribution < -0.4 is 10.2 Å². The van der Waals surface area contributed by atoms with E-state index >= 15 is 0 Å². The van der Waals surface area contributed by atoms with Crippen molar-refractivity contribution in [2.75, 3.05) is 43.1 Å².